The SMILES string of the molecule is CCOC(=O)Cn1c2ccccc2c(=O)c2ccc(Cl)c(OCc3ccc(OC)cc3)c21.O=C(O)Cn1c2ccccc2c(=O)c2ccc(Cl)c(O)c21. The molecule has 13 heteroatoms. The molecule has 11 nitrogen and oxygen atoms in total. The largest absolute Gasteiger partial charge is 0.504 e. The van der Waals surface area contributed by atoms with E-state index in [4.69, 9.17) is 42.5 Å². The van der Waals surface area contributed by atoms with Crippen LogP contribution in [0.1, 0.15) is 12.5 Å². The third-order valence-electron chi connectivity index (χ3n) is 8.52. The molecule has 0 aliphatic heterocycles. The van der Waals surface area contributed by atoms with Crippen LogP contribution in [0.5, 0.6) is 17.2 Å². The number of para-hydroxylation sites is 2. The number of nitrogens with zero attached hydrogens (tertiary/aromatic N) is 2. The fraction of sp³-hybridized carbons (Fsp3) is 0.150. The maximum absolute atomic E-state index is 13.2. The molecule has 2 heterocycles. The van der Waals surface area contributed by atoms with Gasteiger partial charge in [0.25, 0.3) is 0 Å². The molecule has 0 unspecified atom stereocenters. The lowest BCUT2D eigenvalue weighted by Crippen LogP contribution is -2.19. The Morgan fingerprint density at radius 1 is 0.698 bits per heavy atom. The molecular formula is C40H32Cl2N2O9. The van der Waals surface area contributed by atoms with E-state index in [9.17, 15) is 24.3 Å². The number of carbonyl (C=O) groups is 2. The molecule has 2 aromatic heterocycles. The van der Waals surface area contributed by atoms with Crippen LogP contribution in [-0.2, 0) is 34.0 Å². The number of aromatic nitrogens is 2. The molecule has 7 aromatic rings. The number of rotatable bonds is 9. The van der Waals surface area contributed by atoms with Crippen LogP contribution in [0.4, 0.5) is 0 Å². The van der Waals surface area contributed by atoms with Crippen LogP contribution in [0.25, 0.3) is 43.6 Å². The average Bonchev–Trinajstić information content (AvgIpc) is 3.16. The lowest BCUT2D eigenvalue weighted by atomic mass is 10.1. The number of halogens is 2. The Balaban J connectivity index is 0.000000198. The highest BCUT2D eigenvalue weighted by Gasteiger charge is 2.20. The Hall–Kier alpha value is -6.04. The van der Waals surface area contributed by atoms with Crippen molar-refractivity contribution >= 4 is 78.8 Å². The number of fused-ring (bicyclic) bond motifs is 4. The molecule has 0 aliphatic carbocycles. The lowest BCUT2D eigenvalue weighted by Gasteiger charge is -2.18. The standard InChI is InChI=1S/C25H22ClNO5.C15H10ClNO4/c1-3-31-22(28)14-27-21-7-5-4-6-18(21)24(29)19-12-13-20(26)25(23(19)27)32-15-16-8-10-17(30-2)11-9-16;16-10-6-5-9-13(15(10)21)17(7-12(18)19)11-4-2-1-3-8(11)14(9)20/h4-13H,3,14-15H2,1-2H3;1-6,21H,7H2,(H,18,19). The third-order valence-corrected chi connectivity index (χ3v) is 9.12. The number of carboxylic acid groups (broad SMARTS) is 1. The summed E-state index contributed by atoms with van der Waals surface area (Å²) in [5.41, 5.74) is 2.12. The number of pyridine rings is 2. The van der Waals surface area contributed by atoms with E-state index in [1.165, 1.54) is 16.7 Å². The number of methoxy groups -OCH3 is 1. The maximum Gasteiger partial charge on any atom is 0.325 e. The summed E-state index contributed by atoms with van der Waals surface area (Å²) in [5.74, 6) is -0.703. The van der Waals surface area contributed by atoms with Crippen molar-refractivity contribution in [1.29, 1.82) is 0 Å². The van der Waals surface area contributed by atoms with Gasteiger partial charge in [0.05, 0.1) is 56.6 Å². The lowest BCUT2D eigenvalue weighted by molar-refractivity contribution is -0.143. The smallest absolute Gasteiger partial charge is 0.325 e. The number of carboxylic acids is 1. The Labute approximate surface area is 311 Å². The number of phenolic OH excluding ortho intramolecular Hbond substituents is 1. The van der Waals surface area contributed by atoms with Gasteiger partial charge in [0.1, 0.15) is 25.4 Å². The summed E-state index contributed by atoms with van der Waals surface area (Å²) >= 11 is 12.4. The summed E-state index contributed by atoms with van der Waals surface area (Å²) in [5, 5.41) is 21.2. The molecule has 270 valence electrons. The molecule has 0 radical (unpaired) electrons. The summed E-state index contributed by atoms with van der Waals surface area (Å²) in [4.78, 5) is 49.2. The molecule has 0 amide bonds. The minimum Gasteiger partial charge on any atom is -0.504 e. The van der Waals surface area contributed by atoms with Crippen molar-refractivity contribution in [3.05, 3.63) is 133 Å². The van der Waals surface area contributed by atoms with Gasteiger partial charge in [0.15, 0.2) is 22.4 Å². The number of aromatic hydroxyl groups is 1. The molecule has 7 rings (SSSR count). The summed E-state index contributed by atoms with van der Waals surface area (Å²) in [6.07, 6.45) is 0. The highest BCUT2D eigenvalue weighted by Crippen LogP contribution is 2.36. The fourth-order valence-electron chi connectivity index (χ4n) is 6.16. The highest BCUT2D eigenvalue weighted by molar-refractivity contribution is 6.33. The van der Waals surface area contributed by atoms with E-state index in [0.717, 1.165) is 11.3 Å². The van der Waals surface area contributed by atoms with Gasteiger partial charge in [0.2, 0.25) is 0 Å². The van der Waals surface area contributed by atoms with Crippen LogP contribution in [0.15, 0.2) is 107 Å². The first-order valence-corrected chi connectivity index (χ1v) is 17.1. The van der Waals surface area contributed by atoms with Crippen molar-refractivity contribution in [3.63, 3.8) is 0 Å². The van der Waals surface area contributed by atoms with Gasteiger partial charge in [0, 0.05) is 10.8 Å². The molecule has 2 N–H and O–H groups in total. The van der Waals surface area contributed by atoms with Gasteiger partial charge in [-0.15, -0.1) is 0 Å². The van der Waals surface area contributed by atoms with E-state index < -0.39 is 11.9 Å². The number of ether oxygens (including phenoxy) is 3. The van der Waals surface area contributed by atoms with Crippen LogP contribution >= 0.6 is 23.2 Å². The molecule has 0 saturated heterocycles. The molecule has 0 spiro atoms. The number of benzene rings is 5. The Morgan fingerprint density at radius 2 is 1.25 bits per heavy atom. The normalized spacial score (nSPS) is 11.0. The van der Waals surface area contributed by atoms with Crippen LogP contribution < -0.4 is 20.3 Å². The number of hydrogen-bond donors (Lipinski definition) is 2. The summed E-state index contributed by atoms with van der Waals surface area (Å²) in [7, 11) is 1.61. The van der Waals surface area contributed by atoms with Crippen molar-refractivity contribution in [3.8, 4) is 17.2 Å². The van der Waals surface area contributed by atoms with Gasteiger partial charge in [-0.1, -0.05) is 59.6 Å². The quantitative estimate of drug-likeness (QED) is 0.113. The number of hydrogen-bond acceptors (Lipinski definition) is 8. The van der Waals surface area contributed by atoms with Gasteiger partial charge in [-0.05, 0) is 73.2 Å². The summed E-state index contributed by atoms with van der Waals surface area (Å²) in [6.45, 7) is 1.77. The molecule has 0 atom stereocenters. The van der Waals surface area contributed by atoms with Gasteiger partial charge in [-0.25, -0.2) is 0 Å². The molecule has 0 bridgehead atoms. The highest BCUT2D eigenvalue weighted by atomic mass is 35.5. The maximum atomic E-state index is 13.2. The van der Waals surface area contributed by atoms with Crippen molar-refractivity contribution < 1.29 is 34.0 Å². The Morgan fingerprint density at radius 3 is 1.81 bits per heavy atom. The average molecular weight is 756 g/mol. The van der Waals surface area contributed by atoms with Crippen LogP contribution in [0.2, 0.25) is 10.0 Å². The predicted molar refractivity (Wildman–Crippen MR) is 205 cm³/mol. The summed E-state index contributed by atoms with van der Waals surface area (Å²) < 4.78 is 19.6. The molecule has 53 heavy (non-hydrogen) atoms. The predicted octanol–water partition coefficient (Wildman–Crippen LogP) is 7.56. The van der Waals surface area contributed by atoms with Crippen LogP contribution in [0, 0.1) is 0 Å². The zero-order valence-corrected chi connectivity index (χ0v) is 30.0. The molecule has 0 saturated carbocycles. The first-order valence-electron chi connectivity index (χ1n) is 16.3. The van der Waals surface area contributed by atoms with Gasteiger partial charge in [-0.2, -0.15) is 0 Å². The van der Waals surface area contributed by atoms with E-state index in [1.54, 1.807) is 73.2 Å². The second-order valence-corrected chi connectivity index (χ2v) is 12.6. The molecular weight excluding hydrogens is 723 g/mol. The number of aliphatic carboxylic acids is 1. The zero-order valence-electron chi connectivity index (χ0n) is 28.5. The van der Waals surface area contributed by atoms with E-state index in [0.29, 0.717) is 43.5 Å². The van der Waals surface area contributed by atoms with Crippen molar-refractivity contribution in [2.75, 3.05) is 13.7 Å². The Kier molecular flexibility index (Phi) is 10.9. The minimum atomic E-state index is -1.08. The fourth-order valence-corrected chi connectivity index (χ4v) is 6.52. The van der Waals surface area contributed by atoms with E-state index in [1.807, 2.05) is 30.3 Å². The molecule has 5 aromatic carbocycles. The first-order chi connectivity index (χ1) is 25.5. The van der Waals surface area contributed by atoms with E-state index >= 15 is 0 Å². The van der Waals surface area contributed by atoms with Crippen LogP contribution in [0.3, 0.4) is 0 Å². The monoisotopic (exact) mass is 754 g/mol. The topological polar surface area (TPSA) is 146 Å². The van der Waals surface area contributed by atoms with Crippen molar-refractivity contribution in [1.82, 2.24) is 9.13 Å². The van der Waals surface area contributed by atoms with E-state index in [-0.39, 0.29) is 58.8 Å². The second-order valence-electron chi connectivity index (χ2n) is 11.8. The molecule has 0 aliphatic rings. The third kappa shape index (κ3) is 7.35. The van der Waals surface area contributed by atoms with Crippen molar-refractivity contribution in [2.45, 2.75) is 26.6 Å². The Bertz CT molecular complexity index is 2650. The molecule has 0 fully saturated rings. The zero-order chi connectivity index (χ0) is 37.8. The summed E-state index contributed by atoms with van der Waals surface area (Å²) in [6, 6.07) is 27.5. The number of phenols is 1. The van der Waals surface area contributed by atoms with Crippen molar-refractivity contribution in [2.24, 2.45) is 0 Å². The van der Waals surface area contributed by atoms with Gasteiger partial charge >= 0.3 is 11.9 Å². The number of esters is 1. The number of carbonyl (C=O) groups excluding carboxylic acids is 1. The first kappa shape index (κ1) is 36.7. The van der Waals surface area contributed by atoms with E-state index in [2.05, 4.69) is 0 Å². The minimum absolute atomic E-state index is 0.0660. The second kappa shape index (κ2) is 15.7. The van der Waals surface area contributed by atoms with Gasteiger partial charge < -0.3 is 33.6 Å². The van der Waals surface area contributed by atoms with Crippen LogP contribution in [-0.4, -0.2) is 45.0 Å². The van der Waals surface area contributed by atoms with Gasteiger partial charge in [-0.3, -0.25) is 19.2 Å².